The zero-order valence-electron chi connectivity index (χ0n) is 11.8. The highest BCUT2D eigenvalue weighted by Gasteiger charge is 2.54. The molecular weight excluding hydrogens is 244 g/mol. The summed E-state index contributed by atoms with van der Waals surface area (Å²) in [5, 5.41) is 21.4. The average molecular weight is 266 g/mol. The normalized spacial score (nSPS) is 44.7. The molecule has 4 nitrogen and oxygen atoms in total. The number of ether oxygens (including phenoxy) is 1. The summed E-state index contributed by atoms with van der Waals surface area (Å²) in [6.45, 7) is 6.33. The summed E-state index contributed by atoms with van der Waals surface area (Å²) < 4.78 is 5.04. The second-order valence-electron chi connectivity index (χ2n) is 7.40. The monoisotopic (exact) mass is 266 g/mol. The van der Waals surface area contributed by atoms with Gasteiger partial charge >= 0.3 is 5.97 Å². The minimum absolute atomic E-state index is 0.0204. The van der Waals surface area contributed by atoms with Crippen LogP contribution in [0.3, 0.4) is 0 Å². The van der Waals surface area contributed by atoms with E-state index in [1.165, 1.54) is 0 Å². The van der Waals surface area contributed by atoms with Crippen molar-refractivity contribution in [2.45, 2.75) is 51.7 Å². The van der Waals surface area contributed by atoms with E-state index >= 15 is 0 Å². The SMILES string of the molecule is CC1(C)C[C@@H]2[C@H](O)C3=C(C[C@](C)(O)[C@H]2C1)C(=O)OC3. The summed E-state index contributed by atoms with van der Waals surface area (Å²) in [5.74, 6) is -0.309. The fraction of sp³-hybridized carbons (Fsp3) is 0.800. The molecule has 0 aromatic heterocycles. The Bertz CT molecular complexity index is 461. The Morgan fingerprint density at radius 3 is 2.63 bits per heavy atom. The molecule has 4 atom stereocenters. The summed E-state index contributed by atoms with van der Waals surface area (Å²) in [6.07, 6.45) is 1.41. The Hall–Kier alpha value is -0.870. The quantitative estimate of drug-likeness (QED) is 0.651. The number of hydrogen-bond acceptors (Lipinski definition) is 4. The van der Waals surface area contributed by atoms with Gasteiger partial charge in [0.15, 0.2) is 0 Å². The first kappa shape index (κ1) is 13.1. The summed E-state index contributed by atoms with van der Waals surface area (Å²) in [4.78, 5) is 11.7. The molecule has 1 aliphatic heterocycles. The van der Waals surface area contributed by atoms with Crippen molar-refractivity contribution in [2.75, 3.05) is 6.61 Å². The van der Waals surface area contributed by atoms with Gasteiger partial charge < -0.3 is 14.9 Å². The predicted molar refractivity (Wildman–Crippen MR) is 69.2 cm³/mol. The lowest BCUT2D eigenvalue weighted by molar-refractivity contribution is -0.137. The molecule has 1 fully saturated rings. The first-order valence-electron chi connectivity index (χ1n) is 7.01. The molecule has 0 spiro atoms. The van der Waals surface area contributed by atoms with Crippen molar-refractivity contribution in [3.05, 3.63) is 11.1 Å². The summed E-state index contributed by atoms with van der Waals surface area (Å²) >= 11 is 0. The first-order valence-corrected chi connectivity index (χ1v) is 7.01. The third kappa shape index (κ3) is 1.93. The van der Waals surface area contributed by atoms with Crippen LogP contribution in [0.15, 0.2) is 11.1 Å². The summed E-state index contributed by atoms with van der Waals surface area (Å²) in [5.41, 5.74) is 0.391. The standard InChI is InChI=1S/C15H22O4/c1-14(2)4-9-11(6-14)15(3,18)5-8-10(12(9)16)7-19-13(8)17/h9,11-12,16,18H,4-7H2,1-3H3/t9-,11-,12-,15-/m0/s1. The Morgan fingerprint density at radius 2 is 1.95 bits per heavy atom. The second-order valence-corrected chi connectivity index (χ2v) is 7.40. The van der Waals surface area contributed by atoms with E-state index < -0.39 is 11.7 Å². The molecule has 0 radical (unpaired) electrons. The highest BCUT2D eigenvalue weighted by molar-refractivity contribution is 5.92. The van der Waals surface area contributed by atoms with E-state index in [1.807, 2.05) is 0 Å². The molecule has 19 heavy (non-hydrogen) atoms. The van der Waals surface area contributed by atoms with Crippen molar-refractivity contribution >= 4 is 5.97 Å². The highest BCUT2D eigenvalue weighted by atomic mass is 16.5. The molecule has 106 valence electrons. The molecule has 2 N–H and O–H groups in total. The molecule has 4 heteroatoms. The molecule has 3 aliphatic rings. The van der Waals surface area contributed by atoms with Crippen molar-refractivity contribution in [1.82, 2.24) is 0 Å². The van der Waals surface area contributed by atoms with E-state index in [1.54, 1.807) is 6.92 Å². The summed E-state index contributed by atoms with van der Waals surface area (Å²) in [6, 6.07) is 0. The van der Waals surface area contributed by atoms with Crippen LogP contribution >= 0.6 is 0 Å². The number of carbonyl (C=O) groups is 1. The molecule has 0 amide bonds. The molecule has 1 saturated carbocycles. The fourth-order valence-electron chi connectivity index (χ4n) is 4.27. The highest BCUT2D eigenvalue weighted by Crippen LogP contribution is 2.55. The number of aliphatic hydroxyl groups excluding tert-OH is 1. The van der Waals surface area contributed by atoms with Crippen LogP contribution in [0, 0.1) is 17.3 Å². The van der Waals surface area contributed by atoms with Crippen molar-refractivity contribution in [3.63, 3.8) is 0 Å². The van der Waals surface area contributed by atoms with E-state index in [0.29, 0.717) is 17.6 Å². The maximum Gasteiger partial charge on any atom is 0.334 e. The predicted octanol–water partition coefficient (Wildman–Crippen LogP) is 1.41. The first-order chi connectivity index (χ1) is 8.71. The van der Waals surface area contributed by atoms with Crippen LogP contribution in [0.1, 0.15) is 40.0 Å². The number of aliphatic hydroxyl groups is 2. The van der Waals surface area contributed by atoms with Crippen LogP contribution in [0.25, 0.3) is 0 Å². The van der Waals surface area contributed by atoms with Gasteiger partial charge in [0, 0.05) is 17.6 Å². The van der Waals surface area contributed by atoms with Crippen molar-refractivity contribution < 1.29 is 19.7 Å². The Kier molecular flexibility index (Phi) is 2.64. The van der Waals surface area contributed by atoms with Gasteiger partial charge in [-0.05, 0) is 37.0 Å². The zero-order chi connectivity index (χ0) is 14.0. The van der Waals surface area contributed by atoms with Crippen molar-refractivity contribution in [1.29, 1.82) is 0 Å². The molecule has 0 aromatic carbocycles. The maximum absolute atomic E-state index is 11.7. The molecule has 3 rings (SSSR count). The van der Waals surface area contributed by atoms with E-state index in [4.69, 9.17) is 4.74 Å². The molecule has 0 aromatic rings. The van der Waals surface area contributed by atoms with Gasteiger partial charge in [-0.2, -0.15) is 0 Å². The van der Waals surface area contributed by atoms with Gasteiger partial charge in [0.2, 0.25) is 0 Å². The number of rotatable bonds is 0. The third-order valence-corrected chi connectivity index (χ3v) is 5.17. The number of esters is 1. The molecule has 1 heterocycles. The van der Waals surface area contributed by atoms with Gasteiger partial charge in [0.05, 0.1) is 11.7 Å². The lowest BCUT2D eigenvalue weighted by atomic mass is 9.78. The van der Waals surface area contributed by atoms with E-state index in [0.717, 1.165) is 12.8 Å². The number of hydrogen-bond donors (Lipinski definition) is 2. The number of cyclic esters (lactones) is 1. The van der Waals surface area contributed by atoms with Crippen LogP contribution < -0.4 is 0 Å². The van der Waals surface area contributed by atoms with Crippen molar-refractivity contribution in [3.8, 4) is 0 Å². The van der Waals surface area contributed by atoms with Gasteiger partial charge in [0.25, 0.3) is 0 Å². The van der Waals surface area contributed by atoms with Gasteiger partial charge in [-0.25, -0.2) is 4.79 Å². The minimum Gasteiger partial charge on any atom is -0.458 e. The Balaban J connectivity index is 2.04. The van der Waals surface area contributed by atoms with E-state index in [-0.39, 0.29) is 29.8 Å². The van der Waals surface area contributed by atoms with Crippen LogP contribution in [-0.2, 0) is 9.53 Å². The lowest BCUT2D eigenvalue weighted by Gasteiger charge is -2.34. The van der Waals surface area contributed by atoms with Gasteiger partial charge in [0.1, 0.15) is 6.61 Å². The Labute approximate surface area is 113 Å². The zero-order valence-corrected chi connectivity index (χ0v) is 11.8. The van der Waals surface area contributed by atoms with E-state index in [9.17, 15) is 15.0 Å². The molecule has 0 unspecified atom stereocenters. The van der Waals surface area contributed by atoms with Gasteiger partial charge in [-0.1, -0.05) is 13.8 Å². The van der Waals surface area contributed by atoms with Crippen LogP contribution in [0.2, 0.25) is 0 Å². The number of fused-ring (bicyclic) bond motifs is 1. The Morgan fingerprint density at radius 1 is 1.26 bits per heavy atom. The van der Waals surface area contributed by atoms with Gasteiger partial charge in [-0.15, -0.1) is 0 Å². The van der Waals surface area contributed by atoms with Crippen molar-refractivity contribution in [2.24, 2.45) is 17.3 Å². The van der Waals surface area contributed by atoms with E-state index in [2.05, 4.69) is 13.8 Å². The molecule has 2 aliphatic carbocycles. The smallest absolute Gasteiger partial charge is 0.334 e. The fourth-order valence-corrected chi connectivity index (χ4v) is 4.27. The van der Waals surface area contributed by atoms with Crippen LogP contribution in [0.4, 0.5) is 0 Å². The van der Waals surface area contributed by atoms with Crippen LogP contribution in [0.5, 0.6) is 0 Å². The second kappa shape index (κ2) is 3.83. The number of carbonyl (C=O) groups excluding carboxylic acids is 1. The lowest BCUT2D eigenvalue weighted by Crippen LogP contribution is -2.39. The minimum atomic E-state index is -0.945. The molecule has 0 saturated heterocycles. The van der Waals surface area contributed by atoms with Crippen LogP contribution in [-0.4, -0.2) is 34.5 Å². The average Bonchev–Trinajstić information content (AvgIpc) is 2.78. The largest absolute Gasteiger partial charge is 0.458 e. The topological polar surface area (TPSA) is 66.8 Å². The molecule has 0 bridgehead atoms. The summed E-state index contributed by atoms with van der Waals surface area (Å²) in [7, 11) is 0. The maximum atomic E-state index is 11.7. The third-order valence-electron chi connectivity index (χ3n) is 5.17. The van der Waals surface area contributed by atoms with Gasteiger partial charge in [-0.3, -0.25) is 0 Å². The molecular formula is C15H22O4.